The molecule has 1 aliphatic rings. The average Bonchev–Trinajstić information content (AvgIpc) is 3.16. The third kappa shape index (κ3) is 4.82. The van der Waals surface area contributed by atoms with Gasteiger partial charge in [-0.15, -0.1) is 0 Å². The van der Waals surface area contributed by atoms with Crippen molar-refractivity contribution in [1.82, 2.24) is 4.72 Å². The van der Waals surface area contributed by atoms with E-state index >= 15 is 0 Å². The van der Waals surface area contributed by atoms with Gasteiger partial charge in [0.2, 0.25) is 10.0 Å². The lowest BCUT2D eigenvalue weighted by molar-refractivity contribution is 0.415. The first-order valence-electron chi connectivity index (χ1n) is 9.37. The van der Waals surface area contributed by atoms with Gasteiger partial charge < -0.3 is 9.64 Å². The van der Waals surface area contributed by atoms with E-state index in [4.69, 9.17) is 4.74 Å². The van der Waals surface area contributed by atoms with Gasteiger partial charge in [-0.1, -0.05) is 26.0 Å². The van der Waals surface area contributed by atoms with Crippen LogP contribution in [0.15, 0.2) is 53.4 Å². The summed E-state index contributed by atoms with van der Waals surface area (Å²) in [6.07, 6.45) is 0.973. The predicted molar refractivity (Wildman–Crippen MR) is 109 cm³/mol. The zero-order chi connectivity index (χ0) is 19.4. The summed E-state index contributed by atoms with van der Waals surface area (Å²) in [6, 6.07) is 15.1. The highest BCUT2D eigenvalue weighted by atomic mass is 32.2. The molecule has 1 atom stereocenters. The quantitative estimate of drug-likeness (QED) is 0.787. The maximum atomic E-state index is 12.6. The number of hydrogen-bond donors (Lipinski definition) is 1. The fourth-order valence-corrected chi connectivity index (χ4v) is 4.49. The summed E-state index contributed by atoms with van der Waals surface area (Å²) < 4.78 is 33.1. The van der Waals surface area contributed by atoms with Gasteiger partial charge in [0.1, 0.15) is 5.75 Å². The molecule has 0 aliphatic carbocycles. The molecular formula is C21H28N2O3S. The van der Waals surface area contributed by atoms with Crippen molar-refractivity contribution in [2.45, 2.75) is 31.1 Å². The van der Waals surface area contributed by atoms with Crippen LogP contribution in [0.25, 0.3) is 0 Å². The van der Waals surface area contributed by atoms with Crippen molar-refractivity contribution in [2.24, 2.45) is 5.92 Å². The van der Waals surface area contributed by atoms with Gasteiger partial charge in [0.15, 0.2) is 0 Å². The van der Waals surface area contributed by atoms with E-state index in [-0.39, 0.29) is 0 Å². The van der Waals surface area contributed by atoms with E-state index in [2.05, 4.69) is 23.5 Å². The standard InChI is InChI=1S/C21H28N2O3S/c1-16(2)18-4-10-21(11-5-18)27(24,25)22-14-17-12-13-23(15-17)19-6-8-20(26-3)9-7-19/h4-11,16-17,22H,12-15H2,1-3H3. The van der Waals surface area contributed by atoms with Gasteiger partial charge in [-0.3, -0.25) is 0 Å². The predicted octanol–water partition coefficient (Wildman–Crippen LogP) is 3.62. The second-order valence-electron chi connectivity index (χ2n) is 7.37. The van der Waals surface area contributed by atoms with Gasteiger partial charge in [0.05, 0.1) is 12.0 Å². The van der Waals surface area contributed by atoms with Crippen LogP contribution in [-0.2, 0) is 10.0 Å². The number of benzene rings is 2. The summed E-state index contributed by atoms with van der Waals surface area (Å²) in [5.41, 5.74) is 2.28. The first kappa shape index (κ1) is 19.7. The topological polar surface area (TPSA) is 58.6 Å². The Hall–Kier alpha value is -2.05. The van der Waals surface area contributed by atoms with Crippen LogP contribution in [0, 0.1) is 5.92 Å². The molecule has 1 N–H and O–H groups in total. The van der Waals surface area contributed by atoms with Crippen LogP contribution in [0.1, 0.15) is 31.7 Å². The first-order valence-corrected chi connectivity index (χ1v) is 10.9. The molecule has 0 saturated carbocycles. The molecule has 146 valence electrons. The number of methoxy groups -OCH3 is 1. The van der Waals surface area contributed by atoms with Crippen molar-refractivity contribution in [3.63, 3.8) is 0 Å². The van der Waals surface area contributed by atoms with Gasteiger partial charge in [-0.05, 0) is 60.2 Å². The molecule has 1 unspecified atom stereocenters. The second kappa shape index (κ2) is 8.31. The Balaban J connectivity index is 1.56. The van der Waals surface area contributed by atoms with E-state index in [9.17, 15) is 8.42 Å². The molecule has 0 spiro atoms. The Labute approximate surface area is 162 Å². The molecular weight excluding hydrogens is 360 g/mol. The number of sulfonamides is 1. The Morgan fingerprint density at radius 2 is 1.78 bits per heavy atom. The summed E-state index contributed by atoms with van der Waals surface area (Å²) in [6.45, 7) is 6.43. The first-order chi connectivity index (χ1) is 12.9. The minimum atomic E-state index is -3.47. The highest BCUT2D eigenvalue weighted by molar-refractivity contribution is 7.89. The Morgan fingerprint density at radius 3 is 2.37 bits per heavy atom. The average molecular weight is 389 g/mol. The van der Waals surface area contributed by atoms with E-state index in [0.29, 0.717) is 23.3 Å². The number of rotatable bonds is 7. The fourth-order valence-electron chi connectivity index (χ4n) is 3.37. The monoisotopic (exact) mass is 388 g/mol. The van der Waals surface area contributed by atoms with Crippen molar-refractivity contribution >= 4 is 15.7 Å². The maximum Gasteiger partial charge on any atom is 0.240 e. The molecule has 1 saturated heterocycles. The molecule has 5 nitrogen and oxygen atoms in total. The lowest BCUT2D eigenvalue weighted by Crippen LogP contribution is -2.31. The van der Waals surface area contributed by atoms with E-state index in [1.165, 1.54) is 0 Å². The van der Waals surface area contributed by atoms with E-state index in [1.54, 1.807) is 19.2 Å². The van der Waals surface area contributed by atoms with Crippen LogP contribution in [0.5, 0.6) is 5.75 Å². The van der Waals surface area contributed by atoms with Crippen molar-refractivity contribution in [1.29, 1.82) is 0 Å². The minimum absolute atomic E-state index is 0.303. The molecule has 1 aliphatic heterocycles. The van der Waals surface area contributed by atoms with Crippen LogP contribution >= 0.6 is 0 Å². The van der Waals surface area contributed by atoms with Crippen molar-refractivity contribution in [2.75, 3.05) is 31.6 Å². The van der Waals surface area contributed by atoms with Gasteiger partial charge in [0, 0.05) is 25.3 Å². The van der Waals surface area contributed by atoms with Crippen molar-refractivity contribution < 1.29 is 13.2 Å². The number of hydrogen-bond acceptors (Lipinski definition) is 4. The van der Waals surface area contributed by atoms with Crippen LogP contribution < -0.4 is 14.4 Å². The molecule has 0 radical (unpaired) electrons. The molecule has 3 rings (SSSR count). The molecule has 27 heavy (non-hydrogen) atoms. The smallest absolute Gasteiger partial charge is 0.240 e. The second-order valence-corrected chi connectivity index (χ2v) is 9.14. The van der Waals surface area contributed by atoms with Crippen LogP contribution in [0.2, 0.25) is 0 Å². The van der Waals surface area contributed by atoms with Gasteiger partial charge >= 0.3 is 0 Å². The normalized spacial score (nSPS) is 17.5. The molecule has 0 bridgehead atoms. The van der Waals surface area contributed by atoms with Crippen molar-refractivity contribution in [3.05, 3.63) is 54.1 Å². The Kier molecular flexibility index (Phi) is 6.07. The summed E-state index contributed by atoms with van der Waals surface area (Å²) in [4.78, 5) is 2.62. The van der Waals surface area contributed by atoms with E-state index < -0.39 is 10.0 Å². The number of nitrogens with zero attached hydrogens (tertiary/aromatic N) is 1. The molecule has 1 fully saturated rings. The number of anilines is 1. The van der Waals surface area contributed by atoms with Gasteiger partial charge in [0.25, 0.3) is 0 Å². The van der Waals surface area contributed by atoms with E-state index in [1.807, 2.05) is 36.4 Å². The molecule has 0 amide bonds. The lowest BCUT2D eigenvalue weighted by Gasteiger charge is -2.19. The minimum Gasteiger partial charge on any atom is -0.497 e. The largest absolute Gasteiger partial charge is 0.497 e. The van der Waals surface area contributed by atoms with E-state index in [0.717, 1.165) is 36.5 Å². The lowest BCUT2D eigenvalue weighted by atomic mass is 10.0. The molecule has 6 heteroatoms. The molecule has 0 aromatic heterocycles. The highest BCUT2D eigenvalue weighted by Crippen LogP contribution is 2.26. The third-order valence-electron chi connectivity index (χ3n) is 5.14. The number of ether oxygens (including phenoxy) is 1. The fraction of sp³-hybridized carbons (Fsp3) is 0.429. The van der Waals surface area contributed by atoms with Gasteiger partial charge in [-0.2, -0.15) is 0 Å². The third-order valence-corrected chi connectivity index (χ3v) is 6.58. The van der Waals surface area contributed by atoms with Crippen molar-refractivity contribution in [3.8, 4) is 5.75 Å². The molecule has 1 heterocycles. The molecule has 2 aromatic rings. The maximum absolute atomic E-state index is 12.6. The van der Waals surface area contributed by atoms with Gasteiger partial charge in [-0.25, -0.2) is 13.1 Å². The van der Waals surface area contributed by atoms with Crippen LogP contribution in [0.4, 0.5) is 5.69 Å². The Bertz CT molecular complexity index is 846. The molecule has 2 aromatic carbocycles. The summed E-state index contributed by atoms with van der Waals surface area (Å²) >= 11 is 0. The zero-order valence-electron chi connectivity index (χ0n) is 16.2. The summed E-state index contributed by atoms with van der Waals surface area (Å²) in [5, 5.41) is 0. The SMILES string of the molecule is COc1ccc(N2CCC(CNS(=O)(=O)c3ccc(C(C)C)cc3)C2)cc1. The Morgan fingerprint density at radius 1 is 1.11 bits per heavy atom. The zero-order valence-corrected chi connectivity index (χ0v) is 17.0. The van der Waals surface area contributed by atoms with Crippen LogP contribution in [-0.4, -0.2) is 35.2 Å². The summed E-state index contributed by atoms with van der Waals surface area (Å²) in [5.74, 6) is 1.53. The number of nitrogens with one attached hydrogen (secondary N) is 1. The highest BCUT2D eigenvalue weighted by Gasteiger charge is 2.25. The van der Waals surface area contributed by atoms with Crippen LogP contribution in [0.3, 0.4) is 0 Å². The summed E-state index contributed by atoms with van der Waals surface area (Å²) in [7, 11) is -1.81.